The molecular formula is C7H16N2. The smallest absolute Gasteiger partial charge is 0.0793 e. The Balaban J connectivity index is 2.33. The molecule has 2 heteroatoms. The SMILES string of the molecule is CCN1CN1C(C)(C)C. The van der Waals surface area contributed by atoms with Crippen LogP contribution in [0.25, 0.3) is 0 Å². The molecule has 1 fully saturated rings. The van der Waals surface area contributed by atoms with Crippen molar-refractivity contribution in [3.05, 3.63) is 0 Å². The van der Waals surface area contributed by atoms with E-state index in [0.29, 0.717) is 5.54 Å². The van der Waals surface area contributed by atoms with Gasteiger partial charge in [0.05, 0.1) is 6.67 Å². The molecule has 0 saturated carbocycles. The predicted octanol–water partition coefficient (Wildman–Crippen LogP) is 1.29. The molecule has 0 aromatic rings. The Labute approximate surface area is 57.4 Å². The summed E-state index contributed by atoms with van der Waals surface area (Å²) < 4.78 is 0. The van der Waals surface area contributed by atoms with Crippen molar-refractivity contribution in [3.63, 3.8) is 0 Å². The van der Waals surface area contributed by atoms with Crippen LogP contribution in [-0.4, -0.2) is 28.8 Å². The summed E-state index contributed by atoms with van der Waals surface area (Å²) in [6.07, 6.45) is 0. The highest BCUT2D eigenvalue weighted by Crippen LogP contribution is 2.26. The molecule has 2 unspecified atom stereocenters. The van der Waals surface area contributed by atoms with E-state index in [4.69, 9.17) is 0 Å². The fourth-order valence-corrected chi connectivity index (χ4v) is 1.03. The molecule has 0 bridgehead atoms. The first-order valence-electron chi connectivity index (χ1n) is 3.58. The highest BCUT2D eigenvalue weighted by molar-refractivity contribution is 4.81. The molecule has 0 aliphatic carbocycles. The molecule has 0 spiro atoms. The van der Waals surface area contributed by atoms with E-state index < -0.39 is 0 Å². The van der Waals surface area contributed by atoms with E-state index in [1.807, 2.05) is 0 Å². The number of hydrogen-bond acceptors (Lipinski definition) is 2. The van der Waals surface area contributed by atoms with Gasteiger partial charge in [-0.3, -0.25) is 0 Å². The van der Waals surface area contributed by atoms with Crippen LogP contribution in [0.2, 0.25) is 0 Å². The van der Waals surface area contributed by atoms with Crippen LogP contribution in [0.5, 0.6) is 0 Å². The van der Waals surface area contributed by atoms with E-state index >= 15 is 0 Å². The van der Waals surface area contributed by atoms with Crippen LogP contribution in [0.4, 0.5) is 0 Å². The second-order valence-electron chi connectivity index (χ2n) is 3.53. The minimum absolute atomic E-state index is 0.343. The lowest BCUT2D eigenvalue weighted by Gasteiger charge is -2.19. The molecule has 54 valence electrons. The van der Waals surface area contributed by atoms with Crippen LogP contribution in [-0.2, 0) is 0 Å². The maximum atomic E-state index is 2.37. The third-order valence-electron chi connectivity index (χ3n) is 1.69. The Morgan fingerprint density at radius 1 is 1.33 bits per heavy atom. The van der Waals surface area contributed by atoms with Crippen LogP contribution in [0, 0.1) is 0 Å². The summed E-state index contributed by atoms with van der Waals surface area (Å²) in [6, 6.07) is 0. The van der Waals surface area contributed by atoms with E-state index in [9.17, 15) is 0 Å². The van der Waals surface area contributed by atoms with Gasteiger partial charge in [-0.05, 0) is 20.8 Å². The topological polar surface area (TPSA) is 6.02 Å². The quantitative estimate of drug-likeness (QED) is 0.491. The molecule has 0 radical (unpaired) electrons. The van der Waals surface area contributed by atoms with E-state index in [1.54, 1.807) is 0 Å². The molecule has 9 heavy (non-hydrogen) atoms. The van der Waals surface area contributed by atoms with Crippen molar-refractivity contribution in [1.82, 2.24) is 10.0 Å². The van der Waals surface area contributed by atoms with Gasteiger partial charge < -0.3 is 0 Å². The maximum Gasteiger partial charge on any atom is 0.0793 e. The molecule has 1 aliphatic heterocycles. The zero-order chi connectivity index (χ0) is 7.07. The molecule has 2 nitrogen and oxygen atoms in total. The van der Waals surface area contributed by atoms with Gasteiger partial charge in [0, 0.05) is 12.1 Å². The minimum Gasteiger partial charge on any atom is -0.225 e. The van der Waals surface area contributed by atoms with E-state index in [0.717, 1.165) is 13.2 Å². The lowest BCUT2D eigenvalue weighted by Crippen LogP contribution is -2.28. The van der Waals surface area contributed by atoms with Crippen LogP contribution in [0.3, 0.4) is 0 Å². The maximum absolute atomic E-state index is 2.37. The average molecular weight is 128 g/mol. The molecule has 0 amide bonds. The zero-order valence-electron chi connectivity index (χ0n) is 6.81. The number of nitrogens with zero attached hydrogens (tertiary/aromatic N) is 2. The largest absolute Gasteiger partial charge is 0.225 e. The summed E-state index contributed by atoms with van der Waals surface area (Å²) in [4.78, 5) is 0. The highest BCUT2D eigenvalue weighted by Gasteiger charge is 2.38. The van der Waals surface area contributed by atoms with Gasteiger partial charge in [-0.2, -0.15) is 0 Å². The number of rotatable bonds is 1. The molecule has 1 aliphatic rings. The third kappa shape index (κ3) is 1.43. The first-order valence-corrected chi connectivity index (χ1v) is 3.58. The monoisotopic (exact) mass is 128 g/mol. The van der Waals surface area contributed by atoms with Crippen molar-refractivity contribution in [2.45, 2.75) is 33.2 Å². The van der Waals surface area contributed by atoms with Crippen molar-refractivity contribution in [3.8, 4) is 0 Å². The summed E-state index contributed by atoms with van der Waals surface area (Å²) in [6.45, 7) is 11.2. The lowest BCUT2D eigenvalue weighted by molar-refractivity contribution is 0.185. The fourth-order valence-electron chi connectivity index (χ4n) is 1.03. The number of hydrogen-bond donors (Lipinski definition) is 0. The minimum atomic E-state index is 0.343. The molecule has 2 atom stereocenters. The van der Waals surface area contributed by atoms with Crippen molar-refractivity contribution in [2.75, 3.05) is 13.2 Å². The van der Waals surface area contributed by atoms with E-state index in [2.05, 4.69) is 37.7 Å². The summed E-state index contributed by atoms with van der Waals surface area (Å²) in [7, 11) is 0. The first-order chi connectivity index (χ1) is 4.05. The number of hydrazine groups is 1. The molecule has 0 aromatic heterocycles. The standard InChI is InChI=1S/C7H16N2/c1-5-8-6-9(8)7(2,3)4/h5-6H2,1-4H3. The first kappa shape index (κ1) is 7.03. The molecule has 1 rings (SSSR count). The third-order valence-corrected chi connectivity index (χ3v) is 1.69. The molecular weight excluding hydrogens is 112 g/mol. The Bertz CT molecular complexity index is 104. The Kier molecular flexibility index (Phi) is 1.53. The van der Waals surface area contributed by atoms with Gasteiger partial charge in [0.2, 0.25) is 0 Å². The summed E-state index contributed by atoms with van der Waals surface area (Å²) in [5.74, 6) is 0. The van der Waals surface area contributed by atoms with Gasteiger partial charge >= 0.3 is 0 Å². The normalized spacial score (nSPS) is 34.7. The second-order valence-corrected chi connectivity index (χ2v) is 3.53. The zero-order valence-corrected chi connectivity index (χ0v) is 6.81. The second kappa shape index (κ2) is 1.96. The van der Waals surface area contributed by atoms with Gasteiger partial charge in [0.15, 0.2) is 0 Å². The summed E-state index contributed by atoms with van der Waals surface area (Å²) >= 11 is 0. The lowest BCUT2D eigenvalue weighted by atomic mass is 10.1. The van der Waals surface area contributed by atoms with Crippen molar-refractivity contribution >= 4 is 0 Å². The highest BCUT2D eigenvalue weighted by atomic mass is 15.8. The molecule has 1 heterocycles. The van der Waals surface area contributed by atoms with Gasteiger partial charge in [-0.25, -0.2) is 10.0 Å². The molecule has 1 saturated heterocycles. The summed E-state index contributed by atoms with van der Waals surface area (Å²) in [5.41, 5.74) is 0.343. The van der Waals surface area contributed by atoms with Crippen molar-refractivity contribution < 1.29 is 0 Å². The Hall–Kier alpha value is -0.0800. The molecule has 0 N–H and O–H groups in total. The average Bonchev–Trinajstić information content (AvgIpc) is 2.39. The van der Waals surface area contributed by atoms with Gasteiger partial charge in [0.1, 0.15) is 0 Å². The Morgan fingerprint density at radius 3 is 2.00 bits per heavy atom. The van der Waals surface area contributed by atoms with E-state index in [-0.39, 0.29) is 0 Å². The van der Waals surface area contributed by atoms with Crippen LogP contribution in [0.15, 0.2) is 0 Å². The van der Waals surface area contributed by atoms with Crippen LogP contribution >= 0.6 is 0 Å². The molecule has 0 aromatic carbocycles. The van der Waals surface area contributed by atoms with Gasteiger partial charge in [0.25, 0.3) is 0 Å². The van der Waals surface area contributed by atoms with Crippen molar-refractivity contribution in [1.29, 1.82) is 0 Å². The van der Waals surface area contributed by atoms with Crippen molar-refractivity contribution in [2.24, 2.45) is 0 Å². The van der Waals surface area contributed by atoms with Gasteiger partial charge in [-0.1, -0.05) is 6.92 Å². The Morgan fingerprint density at radius 2 is 1.89 bits per heavy atom. The van der Waals surface area contributed by atoms with Crippen LogP contribution in [0.1, 0.15) is 27.7 Å². The van der Waals surface area contributed by atoms with Gasteiger partial charge in [-0.15, -0.1) is 0 Å². The summed E-state index contributed by atoms with van der Waals surface area (Å²) in [5, 5.41) is 4.70. The van der Waals surface area contributed by atoms with Crippen LogP contribution < -0.4 is 0 Å². The predicted molar refractivity (Wildman–Crippen MR) is 38.8 cm³/mol. The fraction of sp³-hybridized carbons (Fsp3) is 1.00. The van der Waals surface area contributed by atoms with E-state index in [1.165, 1.54) is 0 Å².